The maximum absolute atomic E-state index is 12.8. The Hall–Kier alpha value is -5.30. The summed E-state index contributed by atoms with van der Waals surface area (Å²) in [5.74, 6) is 1.32. The van der Waals surface area contributed by atoms with Gasteiger partial charge in [0.2, 0.25) is 0 Å². The van der Waals surface area contributed by atoms with Gasteiger partial charge in [0.1, 0.15) is 5.75 Å². The summed E-state index contributed by atoms with van der Waals surface area (Å²) in [6.45, 7) is 5.24. The summed E-state index contributed by atoms with van der Waals surface area (Å²) in [5.41, 5.74) is 5.01. The fourth-order valence-electron chi connectivity index (χ4n) is 5.28. The second kappa shape index (κ2) is 16.1. The molecule has 0 aromatic heterocycles. The van der Waals surface area contributed by atoms with E-state index in [0.29, 0.717) is 36.9 Å². The van der Waals surface area contributed by atoms with Crippen LogP contribution in [0.1, 0.15) is 36.5 Å². The first kappa shape index (κ1) is 32.1. The molecule has 0 radical (unpaired) electrons. The average Bonchev–Trinajstić information content (AvgIpc) is 3.08. The maximum atomic E-state index is 12.8. The fraction of sp³-hybridized carbons (Fsp3) is 0.231. The topological polar surface area (TPSA) is 85.9 Å². The molecule has 2 amide bonds. The molecule has 0 unspecified atom stereocenters. The van der Waals surface area contributed by atoms with Crippen molar-refractivity contribution in [3.05, 3.63) is 126 Å². The van der Waals surface area contributed by atoms with Gasteiger partial charge in [-0.3, -0.25) is 0 Å². The number of aryl methyl sites for hydroxylation is 3. The van der Waals surface area contributed by atoms with Crippen molar-refractivity contribution >= 4 is 23.0 Å². The van der Waals surface area contributed by atoms with Crippen molar-refractivity contribution < 1.29 is 23.8 Å². The molecule has 7 heteroatoms. The van der Waals surface area contributed by atoms with Gasteiger partial charge in [-0.15, -0.1) is 0 Å². The SMILES string of the molecule is CCOc1ccc(-c2ccc3ccc(C)c(OC(=O)NCCCc4ccccc4)c3c2)cc1OC(=O)NCCCc1ccccc1. The van der Waals surface area contributed by atoms with Gasteiger partial charge in [0.25, 0.3) is 0 Å². The zero-order chi connectivity index (χ0) is 32.1. The number of carbonyl (C=O) groups is 2. The van der Waals surface area contributed by atoms with Crippen molar-refractivity contribution in [2.75, 3.05) is 19.7 Å². The predicted octanol–water partition coefficient (Wildman–Crippen LogP) is 8.66. The first-order valence-corrected chi connectivity index (χ1v) is 15.8. The van der Waals surface area contributed by atoms with Gasteiger partial charge in [-0.2, -0.15) is 0 Å². The van der Waals surface area contributed by atoms with Crippen LogP contribution in [-0.2, 0) is 12.8 Å². The molecule has 0 heterocycles. The van der Waals surface area contributed by atoms with Crippen LogP contribution in [0.5, 0.6) is 17.2 Å². The monoisotopic (exact) mass is 616 g/mol. The largest absolute Gasteiger partial charge is 0.490 e. The van der Waals surface area contributed by atoms with Crippen LogP contribution in [0.2, 0.25) is 0 Å². The molecule has 5 rings (SSSR count). The Labute approximate surface area is 270 Å². The van der Waals surface area contributed by atoms with E-state index < -0.39 is 12.2 Å². The number of rotatable bonds is 13. The Bertz CT molecular complexity index is 1760. The maximum Gasteiger partial charge on any atom is 0.412 e. The molecule has 2 N–H and O–H groups in total. The van der Waals surface area contributed by atoms with Crippen LogP contribution in [0, 0.1) is 6.92 Å². The Kier molecular flexibility index (Phi) is 11.3. The summed E-state index contributed by atoms with van der Waals surface area (Å²) < 4.78 is 17.3. The average molecular weight is 617 g/mol. The summed E-state index contributed by atoms with van der Waals surface area (Å²) in [6.07, 6.45) is 2.33. The van der Waals surface area contributed by atoms with Crippen molar-refractivity contribution in [3.63, 3.8) is 0 Å². The van der Waals surface area contributed by atoms with Crippen molar-refractivity contribution in [2.45, 2.75) is 39.5 Å². The quantitative estimate of drug-likeness (QED) is 0.129. The lowest BCUT2D eigenvalue weighted by molar-refractivity contribution is 0.197. The molecule has 5 aromatic carbocycles. The fourth-order valence-corrected chi connectivity index (χ4v) is 5.28. The molecule has 0 aliphatic carbocycles. The number of nitrogens with one attached hydrogen (secondary N) is 2. The Balaban J connectivity index is 1.27. The normalized spacial score (nSPS) is 10.7. The van der Waals surface area contributed by atoms with E-state index in [0.717, 1.165) is 53.1 Å². The van der Waals surface area contributed by atoms with Gasteiger partial charge in [0.15, 0.2) is 11.5 Å². The van der Waals surface area contributed by atoms with E-state index in [4.69, 9.17) is 14.2 Å². The number of benzene rings is 5. The van der Waals surface area contributed by atoms with Gasteiger partial charge in [-0.1, -0.05) is 91.0 Å². The highest BCUT2D eigenvalue weighted by Crippen LogP contribution is 2.37. The predicted molar refractivity (Wildman–Crippen MR) is 183 cm³/mol. The van der Waals surface area contributed by atoms with Crippen molar-refractivity contribution in [3.8, 4) is 28.4 Å². The smallest absolute Gasteiger partial charge is 0.412 e. The molecule has 7 nitrogen and oxygen atoms in total. The molecular formula is C39H40N2O5. The molecule has 0 atom stereocenters. The van der Waals surface area contributed by atoms with Crippen molar-refractivity contribution in [1.82, 2.24) is 10.6 Å². The van der Waals surface area contributed by atoms with E-state index in [1.54, 1.807) is 12.1 Å². The first-order chi connectivity index (χ1) is 22.5. The van der Waals surface area contributed by atoms with Crippen LogP contribution in [0.4, 0.5) is 9.59 Å². The number of hydrogen-bond acceptors (Lipinski definition) is 5. The number of amides is 2. The van der Waals surface area contributed by atoms with Crippen LogP contribution in [0.3, 0.4) is 0 Å². The zero-order valence-electron chi connectivity index (χ0n) is 26.4. The van der Waals surface area contributed by atoms with Crippen molar-refractivity contribution in [2.24, 2.45) is 0 Å². The van der Waals surface area contributed by atoms with E-state index in [2.05, 4.69) is 34.9 Å². The van der Waals surface area contributed by atoms with E-state index in [1.807, 2.05) is 86.6 Å². The van der Waals surface area contributed by atoms with Gasteiger partial charge in [-0.25, -0.2) is 9.59 Å². The second-order valence-electron chi connectivity index (χ2n) is 11.1. The zero-order valence-corrected chi connectivity index (χ0v) is 26.4. The van der Waals surface area contributed by atoms with Gasteiger partial charge in [0, 0.05) is 18.5 Å². The minimum absolute atomic E-state index is 0.329. The molecule has 0 saturated carbocycles. The van der Waals surface area contributed by atoms with E-state index in [9.17, 15) is 9.59 Å². The Morgan fingerprint density at radius 3 is 1.83 bits per heavy atom. The summed E-state index contributed by atoms with van der Waals surface area (Å²) in [5, 5.41) is 7.47. The lowest BCUT2D eigenvalue weighted by atomic mass is 9.99. The molecule has 236 valence electrons. The summed E-state index contributed by atoms with van der Waals surface area (Å²) in [7, 11) is 0. The van der Waals surface area contributed by atoms with Crippen LogP contribution >= 0.6 is 0 Å². The van der Waals surface area contributed by atoms with Crippen LogP contribution in [-0.4, -0.2) is 31.9 Å². The van der Waals surface area contributed by atoms with Crippen LogP contribution in [0.25, 0.3) is 21.9 Å². The second-order valence-corrected chi connectivity index (χ2v) is 11.1. The summed E-state index contributed by atoms with van der Waals surface area (Å²) in [4.78, 5) is 25.5. The van der Waals surface area contributed by atoms with Gasteiger partial charge in [0.05, 0.1) is 6.61 Å². The molecule has 0 spiro atoms. The Morgan fingerprint density at radius 1 is 0.630 bits per heavy atom. The van der Waals surface area contributed by atoms with E-state index in [-0.39, 0.29) is 0 Å². The number of ether oxygens (including phenoxy) is 3. The summed E-state index contributed by atoms with van der Waals surface area (Å²) in [6, 6.07) is 35.8. The van der Waals surface area contributed by atoms with Crippen LogP contribution in [0.15, 0.2) is 109 Å². The van der Waals surface area contributed by atoms with Crippen LogP contribution < -0.4 is 24.8 Å². The van der Waals surface area contributed by atoms with Gasteiger partial charge < -0.3 is 24.8 Å². The summed E-state index contributed by atoms with van der Waals surface area (Å²) >= 11 is 0. The molecule has 0 saturated heterocycles. The molecular weight excluding hydrogens is 576 g/mol. The minimum Gasteiger partial charge on any atom is -0.490 e. The van der Waals surface area contributed by atoms with Crippen molar-refractivity contribution in [1.29, 1.82) is 0 Å². The molecule has 5 aromatic rings. The van der Waals surface area contributed by atoms with Gasteiger partial charge >= 0.3 is 12.2 Å². The molecule has 0 bridgehead atoms. The third-order valence-electron chi connectivity index (χ3n) is 7.65. The lowest BCUT2D eigenvalue weighted by Crippen LogP contribution is -2.28. The third-order valence-corrected chi connectivity index (χ3v) is 7.65. The number of fused-ring (bicyclic) bond motifs is 1. The standard InChI is InChI=1S/C39H40N2O5/c1-3-44-35-23-22-33(27-36(35)45-38(42)40-24-10-16-29-12-6-4-7-13-29)32-21-20-31-19-18-28(2)37(34(31)26-32)46-39(43)41-25-11-17-30-14-8-5-9-15-30/h4-9,12-15,18-23,26-27H,3,10-11,16-17,24-25H2,1-2H3,(H,40,42)(H,41,43). The highest BCUT2D eigenvalue weighted by Gasteiger charge is 2.15. The first-order valence-electron chi connectivity index (χ1n) is 15.8. The van der Waals surface area contributed by atoms with E-state index >= 15 is 0 Å². The molecule has 0 aliphatic rings. The number of carbonyl (C=O) groups excluding carboxylic acids is 2. The lowest BCUT2D eigenvalue weighted by Gasteiger charge is -2.15. The minimum atomic E-state index is -0.536. The molecule has 46 heavy (non-hydrogen) atoms. The Morgan fingerprint density at radius 2 is 1.20 bits per heavy atom. The molecule has 0 fully saturated rings. The molecule has 0 aliphatic heterocycles. The third kappa shape index (κ3) is 8.88. The van der Waals surface area contributed by atoms with Gasteiger partial charge in [-0.05, 0) is 90.9 Å². The number of hydrogen-bond donors (Lipinski definition) is 2. The highest BCUT2D eigenvalue weighted by atomic mass is 16.6. The van der Waals surface area contributed by atoms with E-state index in [1.165, 1.54) is 11.1 Å². The highest BCUT2D eigenvalue weighted by molar-refractivity contribution is 5.94.